The van der Waals surface area contributed by atoms with E-state index in [1.54, 1.807) is 0 Å². The summed E-state index contributed by atoms with van der Waals surface area (Å²) in [6, 6.07) is 7.99. The van der Waals surface area contributed by atoms with Crippen molar-refractivity contribution in [1.29, 1.82) is 0 Å². The van der Waals surface area contributed by atoms with Gasteiger partial charge in [-0.1, -0.05) is 31.2 Å². The highest BCUT2D eigenvalue weighted by Crippen LogP contribution is 2.22. The van der Waals surface area contributed by atoms with Crippen molar-refractivity contribution in [3.8, 4) is 0 Å². The number of rotatable bonds is 4. The van der Waals surface area contributed by atoms with Gasteiger partial charge in [-0.25, -0.2) is 18.1 Å². The maximum Gasteiger partial charge on any atom is 0.257 e. The zero-order chi connectivity index (χ0) is 14.2. The SMILES string of the molecule is CCc1ncc(S(=O)(=O)NC2Cc3ccccc3C2)[nH]1. The molecule has 6 heteroatoms. The zero-order valence-electron chi connectivity index (χ0n) is 11.3. The van der Waals surface area contributed by atoms with Gasteiger partial charge < -0.3 is 4.98 Å². The minimum atomic E-state index is -3.52. The third-order valence-corrected chi connectivity index (χ3v) is 5.03. The van der Waals surface area contributed by atoms with E-state index in [0.29, 0.717) is 12.2 Å². The Hall–Kier alpha value is -1.66. The Labute approximate surface area is 118 Å². The molecule has 1 heterocycles. The number of aromatic nitrogens is 2. The number of fused-ring (bicyclic) bond motifs is 1. The van der Waals surface area contributed by atoms with Crippen LogP contribution in [0.1, 0.15) is 23.9 Å². The highest BCUT2D eigenvalue weighted by atomic mass is 32.2. The summed E-state index contributed by atoms with van der Waals surface area (Å²) in [5.74, 6) is 0.681. The van der Waals surface area contributed by atoms with Crippen LogP contribution in [0.2, 0.25) is 0 Å². The summed E-state index contributed by atoms with van der Waals surface area (Å²) in [4.78, 5) is 6.88. The number of aryl methyl sites for hydroxylation is 1. The molecule has 0 unspecified atom stereocenters. The van der Waals surface area contributed by atoms with Crippen molar-refractivity contribution >= 4 is 10.0 Å². The van der Waals surface area contributed by atoms with Gasteiger partial charge in [-0.05, 0) is 24.0 Å². The van der Waals surface area contributed by atoms with Crippen molar-refractivity contribution in [2.24, 2.45) is 0 Å². The Bertz CT molecular complexity index is 697. The monoisotopic (exact) mass is 291 g/mol. The molecule has 1 aromatic heterocycles. The van der Waals surface area contributed by atoms with Gasteiger partial charge in [0, 0.05) is 12.5 Å². The summed E-state index contributed by atoms with van der Waals surface area (Å²) in [5.41, 5.74) is 2.44. The van der Waals surface area contributed by atoms with Crippen LogP contribution >= 0.6 is 0 Å². The van der Waals surface area contributed by atoms with Crippen molar-refractivity contribution in [3.63, 3.8) is 0 Å². The van der Waals surface area contributed by atoms with Crippen LogP contribution in [0.3, 0.4) is 0 Å². The lowest BCUT2D eigenvalue weighted by Crippen LogP contribution is -2.35. The first-order valence-corrected chi connectivity index (χ1v) is 8.20. The Morgan fingerprint density at radius 3 is 2.50 bits per heavy atom. The summed E-state index contributed by atoms with van der Waals surface area (Å²) >= 11 is 0. The summed E-state index contributed by atoms with van der Waals surface area (Å²) in [7, 11) is -3.52. The second-order valence-electron chi connectivity index (χ2n) is 5.04. The van der Waals surface area contributed by atoms with Gasteiger partial charge in [0.15, 0.2) is 5.03 Å². The second-order valence-corrected chi connectivity index (χ2v) is 6.73. The van der Waals surface area contributed by atoms with E-state index in [2.05, 4.69) is 26.8 Å². The third-order valence-electron chi connectivity index (χ3n) is 3.60. The van der Waals surface area contributed by atoms with E-state index in [9.17, 15) is 8.42 Å². The first-order chi connectivity index (χ1) is 9.58. The van der Waals surface area contributed by atoms with Gasteiger partial charge in [-0.3, -0.25) is 0 Å². The van der Waals surface area contributed by atoms with E-state index >= 15 is 0 Å². The smallest absolute Gasteiger partial charge is 0.257 e. The zero-order valence-corrected chi connectivity index (χ0v) is 12.1. The van der Waals surface area contributed by atoms with Crippen molar-refractivity contribution < 1.29 is 8.42 Å². The number of hydrogen-bond donors (Lipinski definition) is 2. The average molecular weight is 291 g/mol. The molecule has 1 aliphatic carbocycles. The molecule has 0 saturated carbocycles. The molecule has 106 valence electrons. The summed E-state index contributed by atoms with van der Waals surface area (Å²) < 4.78 is 27.3. The first kappa shape index (κ1) is 13.3. The fraction of sp³-hybridized carbons (Fsp3) is 0.357. The lowest BCUT2D eigenvalue weighted by atomic mass is 10.1. The van der Waals surface area contributed by atoms with Gasteiger partial charge in [0.25, 0.3) is 10.0 Å². The van der Waals surface area contributed by atoms with Crippen molar-refractivity contribution in [2.75, 3.05) is 0 Å². The van der Waals surface area contributed by atoms with Crippen LogP contribution in [0.15, 0.2) is 35.5 Å². The maximum atomic E-state index is 12.3. The molecular weight excluding hydrogens is 274 g/mol. The second kappa shape index (κ2) is 5.03. The van der Waals surface area contributed by atoms with Crippen molar-refractivity contribution in [3.05, 3.63) is 47.4 Å². The largest absolute Gasteiger partial charge is 0.332 e. The van der Waals surface area contributed by atoms with Crippen molar-refractivity contribution in [1.82, 2.24) is 14.7 Å². The molecule has 0 atom stereocenters. The normalized spacial score (nSPS) is 15.4. The van der Waals surface area contributed by atoms with Crippen LogP contribution in [0.5, 0.6) is 0 Å². The average Bonchev–Trinajstić information content (AvgIpc) is 3.04. The topological polar surface area (TPSA) is 74.8 Å². The van der Waals surface area contributed by atoms with Crippen LogP contribution in [0.25, 0.3) is 0 Å². The summed E-state index contributed by atoms with van der Waals surface area (Å²) in [6.45, 7) is 1.93. The lowest BCUT2D eigenvalue weighted by molar-refractivity contribution is 0.552. The number of nitrogens with one attached hydrogen (secondary N) is 2. The summed E-state index contributed by atoms with van der Waals surface area (Å²) in [5, 5.41) is 0.144. The number of imidazole rings is 1. The fourth-order valence-corrected chi connectivity index (χ4v) is 3.76. The molecular formula is C14H17N3O2S. The molecule has 5 nitrogen and oxygen atoms in total. The lowest BCUT2D eigenvalue weighted by Gasteiger charge is -2.11. The van der Waals surface area contributed by atoms with Crippen LogP contribution in [0, 0.1) is 0 Å². The van der Waals surface area contributed by atoms with Crippen LogP contribution in [-0.2, 0) is 29.3 Å². The van der Waals surface area contributed by atoms with E-state index in [1.165, 1.54) is 17.3 Å². The number of sulfonamides is 1. The van der Waals surface area contributed by atoms with E-state index in [1.807, 2.05) is 19.1 Å². The molecule has 1 aromatic carbocycles. The van der Waals surface area contributed by atoms with Crippen LogP contribution < -0.4 is 4.72 Å². The van der Waals surface area contributed by atoms with E-state index < -0.39 is 10.0 Å². The Morgan fingerprint density at radius 2 is 1.95 bits per heavy atom. The Balaban J connectivity index is 1.75. The van der Waals surface area contributed by atoms with Gasteiger partial charge in [0.05, 0.1) is 6.20 Å². The van der Waals surface area contributed by atoms with Gasteiger partial charge in [0.1, 0.15) is 5.82 Å². The highest BCUT2D eigenvalue weighted by Gasteiger charge is 2.27. The molecule has 0 aliphatic heterocycles. The summed E-state index contributed by atoms with van der Waals surface area (Å²) in [6.07, 6.45) is 3.54. The fourth-order valence-electron chi connectivity index (χ4n) is 2.58. The molecule has 2 N–H and O–H groups in total. The van der Waals surface area contributed by atoms with E-state index in [0.717, 1.165) is 12.8 Å². The molecule has 0 fully saturated rings. The number of aromatic amines is 1. The van der Waals surface area contributed by atoms with Crippen LogP contribution in [0.4, 0.5) is 0 Å². The molecule has 0 saturated heterocycles. The molecule has 0 amide bonds. The predicted molar refractivity (Wildman–Crippen MR) is 75.9 cm³/mol. The van der Waals surface area contributed by atoms with E-state index in [4.69, 9.17) is 0 Å². The van der Waals surface area contributed by atoms with E-state index in [-0.39, 0.29) is 11.1 Å². The van der Waals surface area contributed by atoms with Gasteiger partial charge >= 0.3 is 0 Å². The molecule has 0 bridgehead atoms. The van der Waals surface area contributed by atoms with Gasteiger partial charge in [-0.15, -0.1) is 0 Å². The molecule has 0 radical (unpaired) electrons. The van der Waals surface area contributed by atoms with Gasteiger partial charge in [0.2, 0.25) is 0 Å². The first-order valence-electron chi connectivity index (χ1n) is 6.71. The molecule has 3 rings (SSSR count). The predicted octanol–water partition coefficient (Wildman–Crippen LogP) is 1.42. The number of hydrogen-bond acceptors (Lipinski definition) is 3. The van der Waals surface area contributed by atoms with Crippen molar-refractivity contribution in [2.45, 2.75) is 37.3 Å². The number of nitrogens with zero attached hydrogens (tertiary/aromatic N) is 1. The standard InChI is InChI=1S/C14H17N3O2S/c1-2-13-15-9-14(16-13)20(18,19)17-12-7-10-5-3-4-6-11(10)8-12/h3-6,9,12,17H,2,7-8H2,1H3,(H,15,16). The Morgan fingerprint density at radius 1 is 1.30 bits per heavy atom. The maximum absolute atomic E-state index is 12.3. The minimum absolute atomic E-state index is 0.0780. The minimum Gasteiger partial charge on any atom is -0.332 e. The quantitative estimate of drug-likeness (QED) is 0.894. The molecule has 2 aromatic rings. The number of benzene rings is 1. The highest BCUT2D eigenvalue weighted by molar-refractivity contribution is 7.89. The third kappa shape index (κ3) is 2.48. The molecule has 20 heavy (non-hydrogen) atoms. The number of H-pyrrole nitrogens is 1. The Kier molecular flexibility index (Phi) is 3.35. The molecule has 1 aliphatic rings. The van der Waals surface area contributed by atoms with Gasteiger partial charge in [-0.2, -0.15) is 0 Å². The molecule has 0 spiro atoms. The van der Waals surface area contributed by atoms with Crippen LogP contribution in [-0.4, -0.2) is 24.4 Å².